The van der Waals surface area contributed by atoms with Gasteiger partial charge in [-0.1, -0.05) is 11.6 Å². The second-order valence-electron chi connectivity index (χ2n) is 4.58. The molecule has 0 unspecified atom stereocenters. The van der Waals surface area contributed by atoms with E-state index >= 15 is 0 Å². The lowest BCUT2D eigenvalue weighted by Crippen LogP contribution is -3.12. The van der Waals surface area contributed by atoms with Crippen LogP contribution in [0.2, 0.25) is 5.15 Å². The average molecular weight is 256 g/mol. The molecule has 1 aromatic heterocycles. The Morgan fingerprint density at radius 3 is 2.53 bits per heavy atom. The van der Waals surface area contributed by atoms with Crippen molar-refractivity contribution >= 4 is 17.4 Å². The molecule has 0 spiro atoms. The van der Waals surface area contributed by atoms with E-state index in [-0.39, 0.29) is 0 Å². The van der Waals surface area contributed by atoms with Gasteiger partial charge in [-0.05, 0) is 37.8 Å². The van der Waals surface area contributed by atoms with Crippen LogP contribution in [0.1, 0.15) is 25.7 Å². The SMILES string of the molecule is Clc1ccc(NCC[NH+]2CCCCCC2)nn1. The predicted octanol–water partition coefficient (Wildman–Crippen LogP) is 1.00. The van der Waals surface area contributed by atoms with Crippen molar-refractivity contribution < 1.29 is 4.90 Å². The van der Waals surface area contributed by atoms with Crippen LogP contribution < -0.4 is 10.2 Å². The van der Waals surface area contributed by atoms with Gasteiger partial charge < -0.3 is 10.2 Å². The highest BCUT2D eigenvalue weighted by Gasteiger charge is 2.11. The summed E-state index contributed by atoms with van der Waals surface area (Å²) in [5.74, 6) is 0.809. The quantitative estimate of drug-likeness (QED) is 0.844. The minimum absolute atomic E-state index is 0.439. The molecule has 2 N–H and O–H groups in total. The van der Waals surface area contributed by atoms with E-state index in [2.05, 4.69) is 15.5 Å². The fourth-order valence-electron chi connectivity index (χ4n) is 2.26. The number of rotatable bonds is 4. The number of likely N-dealkylation sites (tertiary alicyclic amines) is 1. The molecule has 1 fully saturated rings. The van der Waals surface area contributed by atoms with Crippen LogP contribution in [-0.4, -0.2) is 36.4 Å². The van der Waals surface area contributed by atoms with E-state index < -0.39 is 0 Å². The molecule has 0 atom stereocenters. The highest BCUT2D eigenvalue weighted by atomic mass is 35.5. The lowest BCUT2D eigenvalue weighted by molar-refractivity contribution is -0.897. The van der Waals surface area contributed by atoms with E-state index in [9.17, 15) is 0 Å². The highest BCUT2D eigenvalue weighted by molar-refractivity contribution is 6.29. The molecule has 0 bridgehead atoms. The number of hydrogen-bond donors (Lipinski definition) is 2. The molecule has 2 rings (SSSR count). The summed E-state index contributed by atoms with van der Waals surface area (Å²) >= 11 is 5.68. The van der Waals surface area contributed by atoms with Crippen molar-refractivity contribution in [2.45, 2.75) is 25.7 Å². The number of nitrogens with zero attached hydrogens (tertiary/aromatic N) is 2. The van der Waals surface area contributed by atoms with Gasteiger partial charge in [-0.15, -0.1) is 10.2 Å². The van der Waals surface area contributed by atoms with E-state index in [0.29, 0.717) is 5.15 Å². The fraction of sp³-hybridized carbons (Fsp3) is 0.667. The summed E-state index contributed by atoms with van der Waals surface area (Å²) in [4.78, 5) is 1.71. The second kappa shape index (κ2) is 6.77. The molecular weight excluding hydrogens is 236 g/mol. The van der Waals surface area contributed by atoms with Crippen LogP contribution in [0.4, 0.5) is 5.82 Å². The third-order valence-electron chi connectivity index (χ3n) is 3.23. The van der Waals surface area contributed by atoms with Crippen LogP contribution in [0.25, 0.3) is 0 Å². The third-order valence-corrected chi connectivity index (χ3v) is 3.43. The van der Waals surface area contributed by atoms with Gasteiger partial charge in [0.05, 0.1) is 26.2 Å². The minimum atomic E-state index is 0.439. The summed E-state index contributed by atoms with van der Waals surface area (Å²) in [6.07, 6.45) is 5.55. The Kier molecular flexibility index (Phi) is 5.01. The molecule has 0 saturated carbocycles. The third kappa shape index (κ3) is 4.48. The molecule has 1 aliphatic heterocycles. The first kappa shape index (κ1) is 12.6. The maximum Gasteiger partial charge on any atom is 0.151 e. The molecule has 0 aliphatic carbocycles. The summed E-state index contributed by atoms with van der Waals surface area (Å²) in [5.41, 5.74) is 0. The van der Waals surface area contributed by atoms with Crippen LogP contribution in [-0.2, 0) is 0 Å². The molecule has 0 amide bonds. The normalized spacial score (nSPS) is 17.7. The number of aromatic nitrogens is 2. The smallest absolute Gasteiger partial charge is 0.151 e. The van der Waals surface area contributed by atoms with Gasteiger partial charge in [0, 0.05) is 0 Å². The number of nitrogens with one attached hydrogen (secondary N) is 2. The molecule has 1 aromatic rings. The number of quaternary nitrogens is 1. The Bertz CT molecular complexity index is 320. The number of anilines is 1. The Labute approximate surface area is 107 Å². The van der Waals surface area contributed by atoms with Crippen LogP contribution in [0.5, 0.6) is 0 Å². The highest BCUT2D eigenvalue weighted by Crippen LogP contribution is 2.05. The fourth-order valence-corrected chi connectivity index (χ4v) is 2.36. The van der Waals surface area contributed by atoms with Gasteiger partial charge in [0.1, 0.15) is 5.82 Å². The van der Waals surface area contributed by atoms with Gasteiger partial charge in [0.25, 0.3) is 0 Å². The molecule has 0 radical (unpaired) electrons. The van der Waals surface area contributed by atoms with Crippen molar-refractivity contribution in [3.63, 3.8) is 0 Å². The maximum absolute atomic E-state index is 5.68. The van der Waals surface area contributed by atoms with Crippen molar-refractivity contribution in [2.75, 3.05) is 31.5 Å². The first-order chi connectivity index (χ1) is 8.34. The van der Waals surface area contributed by atoms with Crippen molar-refractivity contribution in [3.8, 4) is 0 Å². The monoisotopic (exact) mass is 255 g/mol. The van der Waals surface area contributed by atoms with E-state index in [4.69, 9.17) is 11.6 Å². The van der Waals surface area contributed by atoms with Gasteiger partial charge in [0.2, 0.25) is 0 Å². The number of hydrogen-bond acceptors (Lipinski definition) is 3. The van der Waals surface area contributed by atoms with Crippen LogP contribution in [0, 0.1) is 0 Å². The van der Waals surface area contributed by atoms with Gasteiger partial charge in [0.15, 0.2) is 5.15 Å². The van der Waals surface area contributed by atoms with E-state index in [0.717, 1.165) is 18.9 Å². The Balaban J connectivity index is 1.69. The number of halogens is 1. The zero-order chi connectivity index (χ0) is 11.9. The van der Waals surface area contributed by atoms with Gasteiger partial charge in [-0.3, -0.25) is 0 Å². The Morgan fingerprint density at radius 2 is 1.88 bits per heavy atom. The largest absolute Gasteiger partial charge is 0.363 e. The molecule has 1 saturated heterocycles. The van der Waals surface area contributed by atoms with E-state index in [1.54, 1.807) is 11.0 Å². The van der Waals surface area contributed by atoms with Crippen molar-refractivity contribution in [3.05, 3.63) is 17.3 Å². The summed E-state index contributed by atoms with van der Waals surface area (Å²) in [6, 6.07) is 3.63. The molecule has 1 aliphatic rings. The lowest BCUT2D eigenvalue weighted by Gasteiger charge is -2.17. The molecule has 5 heteroatoms. The van der Waals surface area contributed by atoms with Crippen molar-refractivity contribution in [2.24, 2.45) is 0 Å². The molecule has 2 heterocycles. The Morgan fingerprint density at radius 1 is 1.12 bits per heavy atom. The van der Waals surface area contributed by atoms with E-state index in [1.807, 2.05) is 6.07 Å². The minimum Gasteiger partial charge on any atom is -0.363 e. The molecule has 94 valence electrons. The van der Waals surface area contributed by atoms with Crippen LogP contribution >= 0.6 is 11.6 Å². The zero-order valence-corrected chi connectivity index (χ0v) is 10.8. The molecular formula is C12H20ClN4+. The molecule has 17 heavy (non-hydrogen) atoms. The van der Waals surface area contributed by atoms with Crippen molar-refractivity contribution in [1.29, 1.82) is 0 Å². The standard InChI is InChI=1S/C12H19ClN4/c13-11-5-6-12(16-15-11)14-7-10-17-8-3-1-2-4-9-17/h5-6H,1-4,7-10H2,(H,14,16)/p+1. The first-order valence-electron chi connectivity index (χ1n) is 6.41. The van der Waals surface area contributed by atoms with Gasteiger partial charge in [-0.25, -0.2) is 0 Å². The predicted molar refractivity (Wildman–Crippen MR) is 69.6 cm³/mol. The van der Waals surface area contributed by atoms with Crippen LogP contribution in [0.15, 0.2) is 12.1 Å². The topological polar surface area (TPSA) is 42.2 Å². The molecule has 0 aromatic carbocycles. The zero-order valence-electron chi connectivity index (χ0n) is 10.1. The summed E-state index contributed by atoms with van der Waals surface area (Å²) in [5, 5.41) is 11.5. The average Bonchev–Trinajstić information content (AvgIpc) is 2.60. The van der Waals surface area contributed by atoms with E-state index in [1.165, 1.54) is 38.8 Å². The second-order valence-corrected chi connectivity index (χ2v) is 4.97. The summed E-state index contributed by atoms with van der Waals surface area (Å²) < 4.78 is 0. The maximum atomic E-state index is 5.68. The van der Waals surface area contributed by atoms with Crippen molar-refractivity contribution in [1.82, 2.24) is 10.2 Å². The summed E-state index contributed by atoms with van der Waals surface area (Å²) in [7, 11) is 0. The first-order valence-corrected chi connectivity index (χ1v) is 6.79. The van der Waals surface area contributed by atoms with Gasteiger partial charge in [-0.2, -0.15) is 0 Å². The molecule has 4 nitrogen and oxygen atoms in total. The lowest BCUT2D eigenvalue weighted by atomic mass is 10.2. The summed E-state index contributed by atoms with van der Waals surface area (Å²) in [6.45, 7) is 4.73. The Hall–Kier alpha value is -0.870. The van der Waals surface area contributed by atoms with Crippen LogP contribution in [0.3, 0.4) is 0 Å². The van der Waals surface area contributed by atoms with Gasteiger partial charge >= 0.3 is 0 Å².